The smallest absolute Gasteiger partial charge is 0.407 e. The van der Waals surface area contributed by atoms with Crippen molar-refractivity contribution in [3.05, 3.63) is 83.4 Å². The fourth-order valence-electron chi connectivity index (χ4n) is 10.4. The van der Waals surface area contributed by atoms with Crippen molar-refractivity contribution in [2.45, 2.75) is 90.8 Å². The highest BCUT2D eigenvalue weighted by Crippen LogP contribution is 2.61. The van der Waals surface area contributed by atoms with Gasteiger partial charge in [-0.3, -0.25) is 19.2 Å². The molecule has 9 atom stereocenters. The number of hydrogen-bond donors (Lipinski definition) is 5. The van der Waals surface area contributed by atoms with Crippen LogP contribution in [0.5, 0.6) is 5.75 Å². The van der Waals surface area contributed by atoms with Crippen LogP contribution in [0.2, 0.25) is 0 Å². The molecule has 7 rings (SSSR count). The number of para-hydroxylation sites is 1. The minimum absolute atomic E-state index is 0.0482. The molecule has 1 saturated heterocycles. The molecule has 0 spiro atoms. The number of nitrogens with zero attached hydrogens (tertiary/aromatic N) is 3. The van der Waals surface area contributed by atoms with E-state index in [1.165, 1.54) is 6.92 Å². The normalized spacial score (nSPS) is 24.3. The van der Waals surface area contributed by atoms with Crippen molar-refractivity contribution < 1.29 is 38.6 Å². The van der Waals surface area contributed by atoms with Crippen LogP contribution in [-0.4, -0.2) is 131 Å². The maximum absolute atomic E-state index is 14.8. The Kier molecular flexibility index (Phi) is 16.2. The first-order valence-corrected chi connectivity index (χ1v) is 22.9. The molecule has 3 aromatic carbocycles. The molecule has 0 aromatic heterocycles. The Morgan fingerprint density at radius 1 is 0.969 bits per heavy atom. The van der Waals surface area contributed by atoms with E-state index in [0.717, 1.165) is 35.2 Å². The third-order valence-corrected chi connectivity index (χ3v) is 14.0. The number of aliphatic hydroxyl groups is 1. The maximum atomic E-state index is 14.8. The number of alkyl carbamates (subject to hydrolysis) is 1. The summed E-state index contributed by atoms with van der Waals surface area (Å²) >= 11 is 0. The highest BCUT2D eigenvalue weighted by molar-refractivity contribution is 5.97. The lowest BCUT2D eigenvalue weighted by atomic mass is 9.45. The summed E-state index contributed by atoms with van der Waals surface area (Å²) in [5.74, 6) is 0.349. The highest BCUT2D eigenvalue weighted by Gasteiger charge is 2.57. The average molecular weight is 898 g/mol. The Hall–Kier alpha value is -5.22. The summed E-state index contributed by atoms with van der Waals surface area (Å²) in [6.07, 6.45) is 0.239. The van der Waals surface area contributed by atoms with Gasteiger partial charge in [-0.25, -0.2) is 4.79 Å². The number of methoxy groups -OCH3 is 1. The van der Waals surface area contributed by atoms with E-state index in [1.54, 1.807) is 19.1 Å². The predicted octanol–water partition coefficient (Wildman–Crippen LogP) is 4.86. The van der Waals surface area contributed by atoms with Gasteiger partial charge in [0.1, 0.15) is 24.0 Å². The number of amides is 4. The number of hydroxylamine groups is 2. The number of anilines is 1. The van der Waals surface area contributed by atoms with Gasteiger partial charge < -0.3 is 45.6 Å². The van der Waals surface area contributed by atoms with Crippen LogP contribution in [0, 0.1) is 29.1 Å². The lowest BCUT2D eigenvalue weighted by Gasteiger charge is -2.62. The van der Waals surface area contributed by atoms with Crippen LogP contribution < -0.4 is 30.9 Å². The second kappa shape index (κ2) is 21.4. The van der Waals surface area contributed by atoms with E-state index in [9.17, 15) is 24.3 Å². The number of nitrogens with one attached hydrogen (secondary N) is 4. The second-order valence-electron chi connectivity index (χ2n) is 19.3. The number of likely N-dealkylation sites (N-methyl/N-ethyl adjacent to an activating group) is 1. The highest BCUT2D eigenvalue weighted by atomic mass is 16.7. The van der Waals surface area contributed by atoms with E-state index < -0.39 is 36.9 Å². The Balaban J connectivity index is 1.29. The fourth-order valence-corrected chi connectivity index (χ4v) is 10.4. The number of hydrogen-bond acceptors (Lipinski definition) is 11. The minimum Gasteiger partial charge on any atom is -0.496 e. The lowest BCUT2D eigenvalue weighted by molar-refractivity contribution is -0.183. The topological polar surface area (TPSA) is 174 Å². The van der Waals surface area contributed by atoms with Gasteiger partial charge in [0.05, 0.1) is 26.2 Å². The Labute approximate surface area is 384 Å². The van der Waals surface area contributed by atoms with Crippen molar-refractivity contribution in [3.63, 3.8) is 0 Å². The molecule has 2 bridgehead atoms. The molecule has 0 radical (unpaired) electrons. The van der Waals surface area contributed by atoms with Gasteiger partial charge in [-0.2, -0.15) is 5.06 Å². The zero-order valence-electron chi connectivity index (χ0n) is 39.9. The standard InChI is InChI=1S/C50H71N7O8/c1-30-41-25-37(50(41,4)5)26-42(30)54-48(61)45-44(31(2)64-49(62)52-20-19-51-32(3)59)43(29-58)65-57(45)27-34-17-14-18-40(46(34)63-10)35-22-36(24-39(23-35)56(8)9)47(60)53-38(28-55(6)7)21-33-15-12-11-13-16-33/h11-18,22-24,30-31,37-38,41-45,58H,19-21,25-29H2,1-10H3,(H,51,59)(H,52,62)(H,53,60)(H,54,61)/t30-,31-,37+,38-,41-,42-,43-,44+,45-/m0/s1. The quantitative estimate of drug-likeness (QED) is 0.104. The van der Waals surface area contributed by atoms with Crippen LogP contribution in [0.15, 0.2) is 66.7 Å². The Morgan fingerprint density at radius 3 is 2.32 bits per heavy atom. The SMILES string of the molecule is COc1c(CN2O[C@@H](CO)[C@@H]([C@H](C)OC(=O)NCCNC(C)=O)[C@H]2C(=O)N[C@H]2C[C@H]3C[C@@H]([C@@H]2C)C3(C)C)cccc1-c1cc(C(=O)N[C@@H](Cc2ccccc2)CN(C)C)cc(N(C)C)c1. The molecule has 15 heteroatoms. The molecule has 4 fully saturated rings. The first-order chi connectivity index (χ1) is 30.9. The predicted molar refractivity (Wildman–Crippen MR) is 251 cm³/mol. The van der Waals surface area contributed by atoms with Gasteiger partial charge in [-0.15, -0.1) is 0 Å². The van der Waals surface area contributed by atoms with Crippen molar-refractivity contribution >= 4 is 29.5 Å². The van der Waals surface area contributed by atoms with Gasteiger partial charge in [-0.1, -0.05) is 69.3 Å². The summed E-state index contributed by atoms with van der Waals surface area (Å²) in [5.41, 5.74) is 4.87. The Bertz CT molecular complexity index is 2130. The van der Waals surface area contributed by atoms with Gasteiger partial charge in [0, 0.05) is 75.1 Å². The zero-order chi connectivity index (χ0) is 47.2. The first kappa shape index (κ1) is 49.2. The largest absolute Gasteiger partial charge is 0.496 e. The molecular formula is C50H71N7O8. The van der Waals surface area contributed by atoms with Crippen LogP contribution in [-0.2, 0) is 32.1 Å². The number of benzene rings is 3. The Morgan fingerprint density at radius 2 is 1.69 bits per heavy atom. The third kappa shape index (κ3) is 11.6. The average Bonchev–Trinajstić information content (AvgIpc) is 3.63. The molecule has 65 heavy (non-hydrogen) atoms. The summed E-state index contributed by atoms with van der Waals surface area (Å²) in [6, 6.07) is 20.5. The summed E-state index contributed by atoms with van der Waals surface area (Å²) in [6.45, 7) is 10.6. The molecule has 1 aliphatic heterocycles. The second-order valence-corrected chi connectivity index (χ2v) is 19.3. The number of fused-ring (bicyclic) bond motifs is 2. The maximum Gasteiger partial charge on any atom is 0.407 e. The van der Waals surface area contributed by atoms with E-state index >= 15 is 0 Å². The summed E-state index contributed by atoms with van der Waals surface area (Å²) < 4.78 is 12.0. The van der Waals surface area contributed by atoms with E-state index in [4.69, 9.17) is 14.3 Å². The number of carbonyl (C=O) groups excluding carboxylic acids is 4. The van der Waals surface area contributed by atoms with Crippen molar-refractivity contribution in [1.82, 2.24) is 31.2 Å². The number of aliphatic hydroxyl groups excluding tert-OH is 1. The molecule has 3 saturated carbocycles. The third-order valence-electron chi connectivity index (χ3n) is 14.0. The lowest BCUT2D eigenvalue weighted by Crippen LogP contribution is -2.62. The van der Waals surface area contributed by atoms with Crippen LogP contribution in [0.1, 0.15) is 68.9 Å². The monoisotopic (exact) mass is 898 g/mol. The molecule has 4 amide bonds. The molecule has 354 valence electrons. The summed E-state index contributed by atoms with van der Waals surface area (Å²) in [4.78, 5) is 63.8. The molecule has 4 aliphatic rings. The minimum atomic E-state index is -0.959. The molecule has 15 nitrogen and oxygen atoms in total. The van der Waals surface area contributed by atoms with Gasteiger partial charge >= 0.3 is 6.09 Å². The van der Waals surface area contributed by atoms with Gasteiger partial charge in [0.2, 0.25) is 11.8 Å². The number of carbonyl (C=O) groups is 4. The summed E-state index contributed by atoms with van der Waals surface area (Å²) in [5, 5.41) is 24.3. The van der Waals surface area contributed by atoms with Crippen molar-refractivity contribution in [2.75, 3.05) is 66.4 Å². The van der Waals surface area contributed by atoms with E-state index in [-0.39, 0.29) is 60.8 Å². The first-order valence-electron chi connectivity index (χ1n) is 22.9. The molecule has 5 N–H and O–H groups in total. The van der Waals surface area contributed by atoms with Gasteiger partial charge in [0.15, 0.2) is 0 Å². The van der Waals surface area contributed by atoms with Crippen LogP contribution in [0.3, 0.4) is 0 Å². The molecule has 1 heterocycles. The van der Waals surface area contributed by atoms with E-state index in [2.05, 4.69) is 59.1 Å². The number of ether oxygens (including phenoxy) is 2. The van der Waals surface area contributed by atoms with Crippen molar-refractivity contribution in [1.29, 1.82) is 0 Å². The van der Waals surface area contributed by atoms with E-state index in [0.29, 0.717) is 41.7 Å². The number of rotatable bonds is 19. The van der Waals surface area contributed by atoms with Gasteiger partial charge in [0.25, 0.3) is 5.91 Å². The van der Waals surface area contributed by atoms with Crippen LogP contribution in [0.4, 0.5) is 10.5 Å². The summed E-state index contributed by atoms with van der Waals surface area (Å²) in [7, 11) is 9.44. The zero-order valence-corrected chi connectivity index (χ0v) is 39.9. The molecule has 0 unspecified atom stereocenters. The van der Waals surface area contributed by atoms with Crippen LogP contribution in [0.25, 0.3) is 11.1 Å². The molecule has 3 aromatic rings. The van der Waals surface area contributed by atoms with Crippen molar-refractivity contribution in [3.8, 4) is 16.9 Å². The van der Waals surface area contributed by atoms with E-state index in [1.807, 2.05) is 87.7 Å². The van der Waals surface area contributed by atoms with Crippen molar-refractivity contribution in [2.24, 2.45) is 29.1 Å². The molecular weight excluding hydrogens is 827 g/mol. The fraction of sp³-hybridized carbons (Fsp3) is 0.560. The van der Waals surface area contributed by atoms with Crippen LogP contribution >= 0.6 is 0 Å². The molecule has 3 aliphatic carbocycles. The van der Waals surface area contributed by atoms with Gasteiger partial charge in [-0.05, 0) is 92.8 Å².